The van der Waals surface area contributed by atoms with E-state index in [2.05, 4.69) is 5.32 Å². The van der Waals surface area contributed by atoms with Crippen molar-refractivity contribution in [1.82, 2.24) is 0 Å². The number of aliphatic carboxylic acids is 1. The molecule has 0 heterocycles. The summed E-state index contributed by atoms with van der Waals surface area (Å²) in [6.45, 7) is -0.530. The predicted molar refractivity (Wildman–Crippen MR) is 105 cm³/mol. The van der Waals surface area contributed by atoms with Crippen molar-refractivity contribution < 1.29 is 24.2 Å². The number of carboxylic acid groups (broad SMARTS) is 1. The summed E-state index contributed by atoms with van der Waals surface area (Å²) in [7, 11) is 1.38. The molecule has 0 spiro atoms. The number of benzene rings is 2. The number of amides is 1. The number of methoxy groups -OCH3 is 1. The van der Waals surface area contributed by atoms with E-state index >= 15 is 0 Å². The van der Waals surface area contributed by atoms with Crippen LogP contribution in [0.4, 0.5) is 5.69 Å². The molecule has 0 aliphatic rings. The van der Waals surface area contributed by atoms with E-state index in [1.165, 1.54) is 37.5 Å². The van der Waals surface area contributed by atoms with E-state index in [0.29, 0.717) is 10.6 Å². The topological polar surface area (TPSA) is 109 Å². The first-order valence-corrected chi connectivity index (χ1v) is 8.50. The number of ether oxygens (including phenoxy) is 2. The zero-order chi connectivity index (χ0) is 20.7. The number of nitrogens with zero attached hydrogens (tertiary/aromatic N) is 1. The molecule has 0 saturated heterocycles. The van der Waals surface area contributed by atoms with E-state index in [9.17, 15) is 14.9 Å². The summed E-state index contributed by atoms with van der Waals surface area (Å²) in [6.07, 6.45) is 1.34. The average molecular weight is 421 g/mol. The van der Waals surface area contributed by atoms with Gasteiger partial charge in [-0.15, -0.1) is 0 Å². The molecule has 0 aromatic heterocycles. The second kappa shape index (κ2) is 9.65. The van der Waals surface area contributed by atoms with Crippen molar-refractivity contribution >= 4 is 46.8 Å². The van der Waals surface area contributed by atoms with Gasteiger partial charge in [-0.2, -0.15) is 5.26 Å². The number of hydrogen-bond donors (Lipinski definition) is 2. The molecule has 0 aliphatic carbocycles. The van der Waals surface area contributed by atoms with Gasteiger partial charge >= 0.3 is 5.97 Å². The van der Waals surface area contributed by atoms with Crippen molar-refractivity contribution in [2.75, 3.05) is 19.0 Å². The fourth-order valence-electron chi connectivity index (χ4n) is 2.13. The molecule has 1 amide bonds. The maximum Gasteiger partial charge on any atom is 0.341 e. The maximum atomic E-state index is 12.4. The minimum atomic E-state index is -1.13. The molecule has 0 atom stereocenters. The summed E-state index contributed by atoms with van der Waals surface area (Å²) >= 11 is 11.9. The number of nitrogens with one attached hydrogen (secondary N) is 1. The smallest absolute Gasteiger partial charge is 0.341 e. The fourth-order valence-corrected chi connectivity index (χ4v) is 2.47. The summed E-state index contributed by atoms with van der Waals surface area (Å²) in [5, 5.41) is 21.2. The Bertz CT molecular complexity index is 983. The molecule has 2 N–H and O–H groups in total. The van der Waals surface area contributed by atoms with Crippen molar-refractivity contribution in [2.24, 2.45) is 0 Å². The van der Waals surface area contributed by atoms with Gasteiger partial charge in [0.1, 0.15) is 11.6 Å². The van der Waals surface area contributed by atoms with Crippen LogP contribution >= 0.6 is 23.2 Å². The third-order valence-corrected chi connectivity index (χ3v) is 3.96. The third-order valence-electron chi connectivity index (χ3n) is 3.39. The highest BCUT2D eigenvalue weighted by Crippen LogP contribution is 2.29. The van der Waals surface area contributed by atoms with Gasteiger partial charge in [0.25, 0.3) is 5.91 Å². The van der Waals surface area contributed by atoms with Crippen LogP contribution in [0.25, 0.3) is 6.08 Å². The molecular formula is C19H14Cl2N2O5. The zero-order valence-electron chi connectivity index (χ0n) is 14.5. The first-order valence-electron chi connectivity index (χ1n) is 7.75. The van der Waals surface area contributed by atoms with Gasteiger partial charge in [0, 0.05) is 5.02 Å². The number of hydrogen-bond acceptors (Lipinski definition) is 5. The molecule has 2 rings (SSSR count). The quantitative estimate of drug-likeness (QED) is 0.517. The van der Waals surface area contributed by atoms with Crippen molar-refractivity contribution in [3.63, 3.8) is 0 Å². The van der Waals surface area contributed by atoms with Crippen LogP contribution in [-0.2, 0) is 9.59 Å². The summed E-state index contributed by atoms with van der Waals surface area (Å²) in [5.74, 6) is -1.33. The Labute approximate surface area is 170 Å². The normalized spacial score (nSPS) is 10.7. The first-order chi connectivity index (χ1) is 13.3. The van der Waals surface area contributed by atoms with Gasteiger partial charge in [-0.3, -0.25) is 4.79 Å². The molecule has 28 heavy (non-hydrogen) atoms. The second-order valence-corrected chi connectivity index (χ2v) is 6.18. The summed E-state index contributed by atoms with van der Waals surface area (Å²) < 4.78 is 10.3. The Morgan fingerprint density at radius 2 is 1.96 bits per heavy atom. The molecule has 7 nitrogen and oxygen atoms in total. The Kier molecular flexibility index (Phi) is 7.27. The number of carbonyl (C=O) groups excluding carboxylic acids is 1. The van der Waals surface area contributed by atoms with Crippen molar-refractivity contribution in [3.05, 3.63) is 57.6 Å². The maximum absolute atomic E-state index is 12.4. The average Bonchev–Trinajstić information content (AvgIpc) is 2.67. The van der Waals surface area contributed by atoms with Crippen molar-refractivity contribution in [1.29, 1.82) is 5.26 Å². The second-order valence-electron chi connectivity index (χ2n) is 5.34. The van der Waals surface area contributed by atoms with E-state index in [4.69, 9.17) is 37.8 Å². The highest BCUT2D eigenvalue weighted by atomic mass is 35.5. The van der Waals surface area contributed by atoms with Crippen molar-refractivity contribution in [2.45, 2.75) is 0 Å². The Morgan fingerprint density at radius 1 is 1.21 bits per heavy atom. The summed E-state index contributed by atoms with van der Waals surface area (Å²) in [5.41, 5.74) is 0.566. The van der Waals surface area contributed by atoms with E-state index < -0.39 is 18.5 Å². The van der Waals surface area contributed by atoms with Gasteiger partial charge in [-0.05, 0) is 42.0 Å². The monoisotopic (exact) mass is 420 g/mol. The molecule has 0 aliphatic heterocycles. The molecular weight excluding hydrogens is 407 g/mol. The van der Waals surface area contributed by atoms with Crippen LogP contribution in [0.15, 0.2) is 42.0 Å². The molecule has 144 valence electrons. The van der Waals surface area contributed by atoms with Gasteiger partial charge in [-0.25, -0.2) is 4.79 Å². The lowest BCUT2D eigenvalue weighted by molar-refractivity contribution is -0.139. The fraction of sp³-hybridized carbons (Fsp3) is 0.105. The number of halogens is 2. The molecule has 2 aromatic rings. The lowest BCUT2D eigenvalue weighted by Crippen LogP contribution is -2.13. The highest BCUT2D eigenvalue weighted by molar-refractivity contribution is 6.36. The molecule has 0 saturated carbocycles. The first kappa shape index (κ1) is 21.1. The standard InChI is InChI=1S/C19H14Cl2N2O5/c1-27-17-7-11(2-5-16(17)28-10-18(24)25)6-12(9-22)19(26)23-15-8-13(20)3-4-14(15)21/h2-8H,10H2,1H3,(H,23,26)(H,24,25)/b12-6+. The van der Waals surface area contributed by atoms with E-state index in [1.54, 1.807) is 12.1 Å². The van der Waals surface area contributed by atoms with Gasteiger partial charge in [-0.1, -0.05) is 29.3 Å². The number of nitriles is 1. The SMILES string of the molecule is COc1cc(/C=C(\C#N)C(=O)Nc2cc(Cl)ccc2Cl)ccc1OCC(=O)O. The number of anilines is 1. The predicted octanol–water partition coefficient (Wildman–Crippen LogP) is 4.01. The molecule has 0 fully saturated rings. The molecule has 9 heteroatoms. The summed E-state index contributed by atoms with van der Waals surface area (Å²) in [6, 6.07) is 10.9. The molecule has 2 aromatic carbocycles. The number of carboxylic acids is 1. The zero-order valence-corrected chi connectivity index (χ0v) is 16.0. The lowest BCUT2D eigenvalue weighted by Gasteiger charge is -2.10. The minimum Gasteiger partial charge on any atom is -0.493 e. The summed E-state index contributed by atoms with van der Waals surface area (Å²) in [4.78, 5) is 23.0. The van der Waals surface area contributed by atoms with Crippen LogP contribution in [0.3, 0.4) is 0 Å². The van der Waals surface area contributed by atoms with E-state index in [1.807, 2.05) is 6.07 Å². The van der Waals surface area contributed by atoms with Gasteiger partial charge in [0.05, 0.1) is 17.8 Å². The molecule has 0 radical (unpaired) electrons. The Balaban J connectivity index is 2.25. The highest BCUT2D eigenvalue weighted by Gasteiger charge is 2.13. The number of carbonyl (C=O) groups is 2. The van der Waals surface area contributed by atoms with Crippen LogP contribution in [0.2, 0.25) is 10.0 Å². The number of rotatable bonds is 7. The van der Waals surface area contributed by atoms with Gasteiger partial charge in [0.15, 0.2) is 18.1 Å². The molecule has 0 bridgehead atoms. The van der Waals surface area contributed by atoms with Crippen molar-refractivity contribution in [3.8, 4) is 17.6 Å². The largest absolute Gasteiger partial charge is 0.493 e. The lowest BCUT2D eigenvalue weighted by atomic mass is 10.1. The molecule has 0 unspecified atom stereocenters. The van der Waals surface area contributed by atoms with Crippen LogP contribution < -0.4 is 14.8 Å². The van der Waals surface area contributed by atoms with Gasteiger partial charge in [0.2, 0.25) is 0 Å². The Hall–Kier alpha value is -3.21. The van der Waals surface area contributed by atoms with Crippen LogP contribution in [0, 0.1) is 11.3 Å². The Morgan fingerprint density at radius 3 is 2.61 bits per heavy atom. The third kappa shape index (κ3) is 5.64. The van der Waals surface area contributed by atoms with Crippen LogP contribution in [0.5, 0.6) is 11.5 Å². The minimum absolute atomic E-state index is 0.183. The van der Waals surface area contributed by atoms with Gasteiger partial charge < -0.3 is 19.9 Å². The van der Waals surface area contributed by atoms with Crippen LogP contribution in [-0.4, -0.2) is 30.7 Å². The van der Waals surface area contributed by atoms with E-state index in [-0.39, 0.29) is 27.8 Å². The van der Waals surface area contributed by atoms with E-state index in [0.717, 1.165) is 0 Å². The van der Waals surface area contributed by atoms with Crippen LogP contribution in [0.1, 0.15) is 5.56 Å².